The molecule has 7 heteroatoms. The summed E-state index contributed by atoms with van der Waals surface area (Å²) in [6.07, 6.45) is 8.61. The van der Waals surface area contributed by atoms with Crippen LogP contribution in [0.4, 0.5) is 11.9 Å². The van der Waals surface area contributed by atoms with Crippen molar-refractivity contribution < 1.29 is 0 Å². The molecule has 2 aromatic rings. The van der Waals surface area contributed by atoms with Crippen LogP contribution in [0.3, 0.4) is 0 Å². The van der Waals surface area contributed by atoms with Crippen molar-refractivity contribution in [3.05, 3.63) is 18.7 Å². The van der Waals surface area contributed by atoms with Gasteiger partial charge in [0.1, 0.15) is 6.33 Å². The second-order valence-electron chi connectivity index (χ2n) is 5.26. The first kappa shape index (κ1) is 15.2. The number of nitrogen functional groups attached to an aromatic ring is 1. The number of nitrogens with zero attached hydrogens (tertiary/aromatic N) is 6. The van der Waals surface area contributed by atoms with Crippen LogP contribution in [-0.4, -0.2) is 37.1 Å². The lowest BCUT2D eigenvalue weighted by Crippen LogP contribution is -2.34. The Balaban J connectivity index is 2.27. The molecule has 0 saturated heterocycles. The van der Waals surface area contributed by atoms with Gasteiger partial charge in [0, 0.05) is 25.0 Å². The molecule has 2 heterocycles. The van der Waals surface area contributed by atoms with Crippen molar-refractivity contribution in [3.63, 3.8) is 0 Å². The van der Waals surface area contributed by atoms with Gasteiger partial charge in [-0.2, -0.15) is 15.0 Å². The first-order chi connectivity index (χ1) is 10.1. The molecule has 2 N–H and O–H groups in total. The topological polar surface area (TPSA) is 85.8 Å². The number of rotatable bonds is 7. The van der Waals surface area contributed by atoms with Gasteiger partial charge in [-0.1, -0.05) is 19.8 Å². The molecule has 0 aromatic carbocycles. The van der Waals surface area contributed by atoms with E-state index in [0.29, 0.717) is 17.9 Å². The normalized spacial score (nSPS) is 11.0. The van der Waals surface area contributed by atoms with Gasteiger partial charge in [0.15, 0.2) is 0 Å². The van der Waals surface area contributed by atoms with E-state index in [1.54, 1.807) is 23.3 Å². The van der Waals surface area contributed by atoms with E-state index in [9.17, 15) is 0 Å². The number of hydrogen-bond donors (Lipinski definition) is 1. The lowest BCUT2D eigenvalue weighted by molar-refractivity contribution is 0.610. The third-order valence-corrected chi connectivity index (χ3v) is 3.25. The average Bonchev–Trinajstić information content (AvgIpc) is 2.96. The summed E-state index contributed by atoms with van der Waals surface area (Å²) in [6, 6.07) is 0.305. The molecule has 0 atom stereocenters. The summed E-state index contributed by atoms with van der Waals surface area (Å²) < 4.78 is 1.73. The monoisotopic (exact) mass is 289 g/mol. The fraction of sp³-hybridized carbons (Fsp3) is 0.571. The van der Waals surface area contributed by atoms with Gasteiger partial charge in [-0.05, 0) is 20.3 Å². The first-order valence-corrected chi connectivity index (χ1v) is 7.38. The average molecular weight is 289 g/mol. The van der Waals surface area contributed by atoms with Crippen LogP contribution in [0.1, 0.15) is 40.0 Å². The van der Waals surface area contributed by atoms with E-state index in [1.807, 2.05) is 0 Å². The van der Waals surface area contributed by atoms with Crippen LogP contribution in [0.15, 0.2) is 18.7 Å². The third-order valence-electron chi connectivity index (χ3n) is 3.25. The van der Waals surface area contributed by atoms with Crippen LogP contribution in [0.25, 0.3) is 5.95 Å². The van der Waals surface area contributed by atoms with Crippen molar-refractivity contribution in [3.8, 4) is 5.95 Å². The van der Waals surface area contributed by atoms with Gasteiger partial charge in [-0.25, -0.2) is 4.98 Å². The van der Waals surface area contributed by atoms with Gasteiger partial charge in [0.2, 0.25) is 17.8 Å². The minimum absolute atomic E-state index is 0.227. The van der Waals surface area contributed by atoms with E-state index in [2.05, 4.69) is 45.6 Å². The summed E-state index contributed by atoms with van der Waals surface area (Å²) in [6.45, 7) is 7.36. The van der Waals surface area contributed by atoms with E-state index in [4.69, 9.17) is 5.73 Å². The molecule has 0 radical (unpaired) electrons. The molecule has 2 rings (SSSR count). The number of nitrogens with two attached hydrogens (primary N) is 1. The minimum Gasteiger partial charge on any atom is -0.368 e. The van der Waals surface area contributed by atoms with Gasteiger partial charge in [0.05, 0.1) is 0 Å². The summed E-state index contributed by atoms with van der Waals surface area (Å²) >= 11 is 0. The fourth-order valence-corrected chi connectivity index (χ4v) is 2.11. The molecular formula is C14H23N7. The summed E-state index contributed by atoms with van der Waals surface area (Å²) in [7, 11) is 0. The van der Waals surface area contributed by atoms with Gasteiger partial charge in [-0.15, -0.1) is 0 Å². The molecule has 0 bridgehead atoms. The Labute approximate surface area is 125 Å². The second-order valence-corrected chi connectivity index (χ2v) is 5.26. The van der Waals surface area contributed by atoms with Gasteiger partial charge >= 0.3 is 0 Å². The maximum atomic E-state index is 5.84. The predicted octanol–water partition coefficient (Wildman–Crippen LogP) is 2.04. The zero-order valence-electron chi connectivity index (χ0n) is 12.9. The highest BCUT2D eigenvalue weighted by Gasteiger charge is 2.16. The molecule has 0 aliphatic heterocycles. The summed E-state index contributed by atoms with van der Waals surface area (Å²) in [5.74, 6) is 1.35. The maximum absolute atomic E-state index is 5.84. The third kappa shape index (κ3) is 3.90. The van der Waals surface area contributed by atoms with Crippen LogP contribution in [0.5, 0.6) is 0 Å². The van der Waals surface area contributed by atoms with Crippen molar-refractivity contribution >= 4 is 11.9 Å². The van der Waals surface area contributed by atoms with Crippen molar-refractivity contribution in [2.75, 3.05) is 17.2 Å². The van der Waals surface area contributed by atoms with Crippen LogP contribution < -0.4 is 10.6 Å². The molecule has 2 aromatic heterocycles. The SMILES string of the molecule is CCCCCN(c1nc(N)nc(-n2ccnc2)n1)C(C)C. The molecule has 114 valence electrons. The molecular weight excluding hydrogens is 266 g/mol. The number of anilines is 2. The molecule has 0 fully saturated rings. The van der Waals surface area contributed by atoms with Gasteiger partial charge in [0.25, 0.3) is 0 Å². The van der Waals surface area contributed by atoms with Crippen LogP contribution >= 0.6 is 0 Å². The molecule has 0 amide bonds. The Hall–Kier alpha value is -2.18. The van der Waals surface area contributed by atoms with E-state index in [1.165, 1.54) is 12.8 Å². The minimum atomic E-state index is 0.227. The summed E-state index contributed by atoms with van der Waals surface area (Å²) in [5.41, 5.74) is 5.84. The largest absolute Gasteiger partial charge is 0.368 e. The van der Waals surface area contributed by atoms with E-state index >= 15 is 0 Å². The lowest BCUT2D eigenvalue weighted by atomic mass is 10.2. The highest BCUT2D eigenvalue weighted by atomic mass is 15.3. The molecule has 0 aliphatic rings. The molecule has 21 heavy (non-hydrogen) atoms. The second kappa shape index (κ2) is 7.01. The molecule has 0 spiro atoms. The van der Waals surface area contributed by atoms with E-state index in [-0.39, 0.29) is 5.95 Å². The predicted molar refractivity (Wildman–Crippen MR) is 83.4 cm³/mol. The Kier molecular flexibility index (Phi) is 5.08. The Morgan fingerprint density at radius 2 is 2.05 bits per heavy atom. The van der Waals surface area contributed by atoms with E-state index < -0.39 is 0 Å². The van der Waals surface area contributed by atoms with Crippen molar-refractivity contribution in [2.24, 2.45) is 0 Å². The Morgan fingerprint density at radius 1 is 1.24 bits per heavy atom. The zero-order valence-corrected chi connectivity index (χ0v) is 12.9. The number of unbranched alkanes of at least 4 members (excludes halogenated alkanes) is 2. The van der Waals surface area contributed by atoms with E-state index in [0.717, 1.165) is 13.0 Å². The Morgan fingerprint density at radius 3 is 2.67 bits per heavy atom. The molecule has 7 nitrogen and oxygen atoms in total. The fourth-order valence-electron chi connectivity index (χ4n) is 2.11. The van der Waals surface area contributed by atoms with Crippen molar-refractivity contribution in [1.29, 1.82) is 0 Å². The summed E-state index contributed by atoms with van der Waals surface area (Å²) in [4.78, 5) is 19.1. The zero-order chi connectivity index (χ0) is 15.2. The number of hydrogen-bond acceptors (Lipinski definition) is 6. The number of aromatic nitrogens is 5. The van der Waals surface area contributed by atoms with Crippen LogP contribution in [0.2, 0.25) is 0 Å². The van der Waals surface area contributed by atoms with Crippen molar-refractivity contribution in [1.82, 2.24) is 24.5 Å². The highest BCUT2D eigenvalue weighted by Crippen LogP contribution is 2.15. The van der Waals surface area contributed by atoms with Crippen LogP contribution in [0, 0.1) is 0 Å². The van der Waals surface area contributed by atoms with Gasteiger partial charge < -0.3 is 10.6 Å². The van der Waals surface area contributed by atoms with Crippen LogP contribution in [-0.2, 0) is 0 Å². The summed E-state index contributed by atoms with van der Waals surface area (Å²) in [5, 5.41) is 0. The van der Waals surface area contributed by atoms with Gasteiger partial charge in [-0.3, -0.25) is 4.57 Å². The quantitative estimate of drug-likeness (QED) is 0.785. The standard InChI is InChI=1S/C14H23N7/c1-4-5-6-8-21(11(2)3)14-18-12(15)17-13(19-14)20-9-7-16-10-20/h7,9-11H,4-6,8H2,1-3H3,(H2,15,17,18,19). The van der Waals surface area contributed by atoms with Crippen molar-refractivity contribution in [2.45, 2.75) is 46.1 Å². The highest BCUT2D eigenvalue weighted by molar-refractivity contribution is 5.38. The lowest BCUT2D eigenvalue weighted by Gasteiger charge is -2.26. The molecule has 0 saturated carbocycles. The maximum Gasteiger partial charge on any atom is 0.241 e. The first-order valence-electron chi connectivity index (χ1n) is 7.38. The Bertz CT molecular complexity index is 550. The smallest absolute Gasteiger partial charge is 0.241 e. The number of imidazole rings is 1. The molecule has 0 aliphatic carbocycles. The molecule has 0 unspecified atom stereocenters.